The van der Waals surface area contributed by atoms with Crippen LogP contribution in [0.3, 0.4) is 0 Å². The van der Waals surface area contributed by atoms with E-state index in [4.69, 9.17) is 34.8 Å². The van der Waals surface area contributed by atoms with Gasteiger partial charge in [-0.15, -0.1) is 0 Å². The van der Waals surface area contributed by atoms with E-state index in [1.807, 2.05) is 0 Å². The van der Waals surface area contributed by atoms with E-state index in [9.17, 15) is 17.6 Å². The molecule has 2 aromatic rings. The lowest BCUT2D eigenvalue weighted by atomic mass is 10.2. The highest BCUT2D eigenvalue weighted by Gasteiger charge is 2.34. The Hall–Kier alpha value is -1.34. The highest BCUT2D eigenvalue weighted by atomic mass is 35.5. The lowest BCUT2D eigenvalue weighted by Crippen LogP contribution is -2.42. The summed E-state index contributed by atoms with van der Waals surface area (Å²) in [6.45, 7) is 1.25. The van der Waals surface area contributed by atoms with E-state index in [0.29, 0.717) is 9.33 Å². The molecule has 0 saturated heterocycles. The number of carbonyl (C=O) groups excluding carboxylic acids is 1. The lowest BCUT2D eigenvalue weighted by molar-refractivity contribution is -0.112. The van der Waals surface area contributed by atoms with Crippen LogP contribution >= 0.6 is 34.8 Å². The maximum absolute atomic E-state index is 14.4. The van der Waals surface area contributed by atoms with E-state index < -0.39 is 27.1 Å². The number of hydrogen-bond acceptors (Lipinski definition) is 3. The first kappa shape index (κ1) is 19.0. The van der Waals surface area contributed by atoms with Gasteiger partial charge in [-0.25, -0.2) is 12.8 Å². The highest BCUT2D eigenvalue weighted by molar-refractivity contribution is 7.93. The van der Waals surface area contributed by atoms with Crippen LogP contribution in [0.4, 0.5) is 10.1 Å². The molecule has 4 nitrogen and oxygen atoms in total. The van der Waals surface area contributed by atoms with Gasteiger partial charge < -0.3 is 0 Å². The van der Waals surface area contributed by atoms with Gasteiger partial charge in [0.2, 0.25) is 5.24 Å². The van der Waals surface area contributed by atoms with Crippen molar-refractivity contribution in [2.45, 2.75) is 17.9 Å². The average molecular weight is 411 g/mol. The number of halogens is 4. The van der Waals surface area contributed by atoms with Gasteiger partial charge in [0.25, 0.3) is 10.0 Å². The number of benzene rings is 2. The molecule has 0 fully saturated rings. The summed E-state index contributed by atoms with van der Waals surface area (Å²) >= 11 is 16.9. The van der Waals surface area contributed by atoms with Crippen LogP contribution < -0.4 is 4.31 Å². The molecule has 0 spiro atoms. The smallest absolute Gasteiger partial charge is 0.265 e. The molecule has 1 atom stereocenters. The first-order valence-electron chi connectivity index (χ1n) is 6.59. The van der Waals surface area contributed by atoms with E-state index >= 15 is 0 Å². The van der Waals surface area contributed by atoms with Crippen LogP contribution in [0.5, 0.6) is 0 Å². The Balaban J connectivity index is 2.69. The van der Waals surface area contributed by atoms with E-state index in [1.165, 1.54) is 49.4 Å². The second-order valence-corrected chi connectivity index (χ2v) is 7.84. The van der Waals surface area contributed by atoms with E-state index in [2.05, 4.69) is 0 Å². The molecule has 0 N–H and O–H groups in total. The van der Waals surface area contributed by atoms with Crippen LogP contribution in [0.15, 0.2) is 47.4 Å². The molecule has 2 rings (SSSR count). The fourth-order valence-corrected chi connectivity index (χ4v) is 4.09. The minimum absolute atomic E-state index is 0.170. The Bertz CT molecular complexity index is 872. The number of carbonyl (C=O) groups is 1. The minimum atomic E-state index is -4.28. The molecule has 0 aliphatic carbocycles. The molecule has 0 bridgehead atoms. The van der Waals surface area contributed by atoms with Crippen LogP contribution in [0.2, 0.25) is 10.0 Å². The zero-order valence-corrected chi connectivity index (χ0v) is 15.3. The van der Waals surface area contributed by atoms with Crippen LogP contribution in [0, 0.1) is 5.82 Å². The third-order valence-electron chi connectivity index (χ3n) is 3.22. The van der Waals surface area contributed by atoms with Crippen molar-refractivity contribution in [1.29, 1.82) is 0 Å². The lowest BCUT2D eigenvalue weighted by Gasteiger charge is -2.28. The second-order valence-electron chi connectivity index (χ2n) is 4.81. The van der Waals surface area contributed by atoms with Gasteiger partial charge in [-0.3, -0.25) is 9.10 Å². The van der Waals surface area contributed by atoms with Gasteiger partial charge >= 0.3 is 0 Å². The van der Waals surface area contributed by atoms with Crippen molar-refractivity contribution < 1.29 is 17.6 Å². The number of anilines is 1. The zero-order chi connectivity index (χ0) is 18.1. The molecule has 0 unspecified atom stereocenters. The number of sulfonamides is 1. The van der Waals surface area contributed by atoms with Crippen molar-refractivity contribution in [2.75, 3.05) is 4.31 Å². The topological polar surface area (TPSA) is 54.5 Å². The molecular weight excluding hydrogens is 400 g/mol. The van der Waals surface area contributed by atoms with Gasteiger partial charge in [0.05, 0.1) is 15.6 Å². The Morgan fingerprint density at radius 1 is 1.12 bits per heavy atom. The fourth-order valence-electron chi connectivity index (χ4n) is 2.02. The Kier molecular flexibility index (Phi) is 5.75. The summed E-state index contributed by atoms with van der Waals surface area (Å²) in [5.41, 5.74) is -0.376. The molecule has 0 aliphatic rings. The van der Waals surface area contributed by atoms with Gasteiger partial charge in [-0.1, -0.05) is 29.3 Å². The molecule has 9 heteroatoms. The number of nitrogens with zero attached hydrogens (tertiary/aromatic N) is 1. The van der Waals surface area contributed by atoms with Gasteiger partial charge in [0.15, 0.2) is 5.82 Å². The van der Waals surface area contributed by atoms with Crippen molar-refractivity contribution in [2.24, 2.45) is 0 Å². The van der Waals surface area contributed by atoms with Crippen LogP contribution in [-0.4, -0.2) is 19.7 Å². The largest absolute Gasteiger partial charge is 0.279 e. The van der Waals surface area contributed by atoms with E-state index in [-0.39, 0.29) is 15.6 Å². The Morgan fingerprint density at radius 3 is 2.25 bits per heavy atom. The van der Waals surface area contributed by atoms with Crippen molar-refractivity contribution in [3.63, 3.8) is 0 Å². The molecule has 0 saturated carbocycles. The standard InChI is InChI=1S/C15H11Cl3FNO3S/c1-9(15(18)21)20(13-4-2-3-12(17)14(13)19)24(22,23)11-7-5-10(16)6-8-11/h2-9H,1H3/t9-/m1/s1. The zero-order valence-electron chi connectivity index (χ0n) is 12.2. The summed E-state index contributed by atoms with van der Waals surface area (Å²) in [6.07, 6.45) is 0. The first-order chi connectivity index (χ1) is 11.2. The third-order valence-corrected chi connectivity index (χ3v) is 5.98. The Morgan fingerprint density at radius 2 is 1.71 bits per heavy atom. The quantitative estimate of drug-likeness (QED) is 0.683. The molecule has 24 heavy (non-hydrogen) atoms. The van der Waals surface area contributed by atoms with Gasteiger partial charge in [-0.2, -0.15) is 0 Å². The maximum Gasteiger partial charge on any atom is 0.265 e. The first-order valence-corrected chi connectivity index (χ1v) is 9.17. The normalized spacial score (nSPS) is 12.7. The minimum Gasteiger partial charge on any atom is -0.279 e. The molecular formula is C15H11Cl3FNO3S. The van der Waals surface area contributed by atoms with Crippen molar-refractivity contribution in [3.05, 3.63) is 58.3 Å². The monoisotopic (exact) mass is 409 g/mol. The van der Waals surface area contributed by atoms with Crippen LogP contribution in [0.25, 0.3) is 0 Å². The summed E-state index contributed by atoms with van der Waals surface area (Å²) in [6, 6.07) is 7.72. The number of hydrogen-bond donors (Lipinski definition) is 0. The fraction of sp³-hybridized carbons (Fsp3) is 0.133. The molecule has 128 valence electrons. The highest BCUT2D eigenvalue weighted by Crippen LogP contribution is 2.32. The molecule has 2 aromatic carbocycles. The van der Waals surface area contributed by atoms with Gasteiger partial charge in [-0.05, 0) is 54.9 Å². The van der Waals surface area contributed by atoms with E-state index in [0.717, 1.165) is 0 Å². The molecule has 0 heterocycles. The average Bonchev–Trinajstić information content (AvgIpc) is 2.51. The molecule has 0 amide bonds. The second kappa shape index (κ2) is 7.27. The summed E-state index contributed by atoms with van der Waals surface area (Å²) in [5.74, 6) is -0.971. The summed E-state index contributed by atoms with van der Waals surface area (Å²) in [7, 11) is -4.28. The third kappa shape index (κ3) is 3.67. The summed E-state index contributed by atoms with van der Waals surface area (Å²) in [4.78, 5) is 11.4. The summed E-state index contributed by atoms with van der Waals surface area (Å²) < 4.78 is 40.8. The maximum atomic E-state index is 14.4. The van der Waals surface area contributed by atoms with Crippen molar-refractivity contribution in [1.82, 2.24) is 0 Å². The molecule has 0 aliphatic heterocycles. The van der Waals surface area contributed by atoms with Crippen LogP contribution in [0.1, 0.15) is 6.92 Å². The van der Waals surface area contributed by atoms with Crippen molar-refractivity contribution in [3.8, 4) is 0 Å². The SMILES string of the molecule is C[C@H](C(=O)Cl)N(c1cccc(Cl)c1F)S(=O)(=O)c1ccc(Cl)cc1. The summed E-state index contributed by atoms with van der Waals surface area (Å²) in [5, 5.41) is -0.916. The predicted octanol–water partition coefficient (Wildman–Crippen LogP) is 4.48. The number of rotatable bonds is 5. The molecule has 0 aromatic heterocycles. The van der Waals surface area contributed by atoms with Gasteiger partial charge in [0, 0.05) is 5.02 Å². The van der Waals surface area contributed by atoms with Crippen LogP contribution in [-0.2, 0) is 14.8 Å². The van der Waals surface area contributed by atoms with Crippen molar-refractivity contribution >= 4 is 55.8 Å². The van der Waals surface area contributed by atoms with Gasteiger partial charge in [0.1, 0.15) is 6.04 Å². The molecule has 0 radical (unpaired) electrons. The predicted molar refractivity (Wildman–Crippen MR) is 92.8 cm³/mol. The Labute approximate surface area is 153 Å². The van der Waals surface area contributed by atoms with E-state index in [1.54, 1.807) is 0 Å².